The monoisotopic (exact) mass is 297 g/mol. The fourth-order valence-corrected chi connectivity index (χ4v) is 1.98. The van der Waals surface area contributed by atoms with Crippen LogP contribution in [-0.2, 0) is 7.05 Å². The van der Waals surface area contributed by atoms with E-state index in [0.717, 1.165) is 5.56 Å². The van der Waals surface area contributed by atoms with Crippen molar-refractivity contribution < 1.29 is 9.18 Å². The fourth-order valence-electron chi connectivity index (χ4n) is 1.98. The molecule has 2 aromatic carbocycles. The minimum absolute atomic E-state index is 0.298. The predicted molar refractivity (Wildman–Crippen MR) is 78.6 cm³/mol. The third-order valence-corrected chi connectivity index (χ3v) is 3.13. The number of carbonyl (C=O) groups excluding carboxylic acids is 1. The molecule has 22 heavy (non-hydrogen) atoms. The molecule has 0 aliphatic carbocycles. The van der Waals surface area contributed by atoms with Gasteiger partial charge in [0.25, 0.3) is 5.91 Å². The minimum atomic E-state index is -0.377. The first-order chi connectivity index (χ1) is 10.6. The van der Waals surface area contributed by atoms with Gasteiger partial charge in [-0.3, -0.25) is 4.79 Å². The Labute approximate surface area is 125 Å². The largest absolute Gasteiger partial charge is 0.322 e. The van der Waals surface area contributed by atoms with Crippen molar-refractivity contribution in [2.75, 3.05) is 5.32 Å². The van der Waals surface area contributed by atoms with Crippen LogP contribution in [0, 0.1) is 5.82 Å². The first-order valence-corrected chi connectivity index (χ1v) is 6.53. The summed E-state index contributed by atoms with van der Waals surface area (Å²) in [7, 11) is 1.75. The topological polar surface area (TPSA) is 72.7 Å². The second kappa shape index (κ2) is 5.72. The Morgan fingerprint density at radius 1 is 1.09 bits per heavy atom. The molecule has 3 rings (SSSR count). The van der Waals surface area contributed by atoms with Gasteiger partial charge in [-0.25, -0.2) is 9.07 Å². The molecule has 0 atom stereocenters. The second-order valence-corrected chi connectivity index (χ2v) is 4.66. The third kappa shape index (κ3) is 2.83. The van der Waals surface area contributed by atoms with Crippen molar-refractivity contribution in [2.24, 2.45) is 7.05 Å². The van der Waals surface area contributed by atoms with Crippen LogP contribution >= 0.6 is 0 Å². The Hall–Kier alpha value is -3.09. The van der Waals surface area contributed by atoms with E-state index in [9.17, 15) is 9.18 Å². The zero-order valence-corrected chi connectivity index (χ0v) is 11.7. The zero-order valence-electron chi connectivity index (χ0n) is 11.7. The zero-order chi connectivity index (χ0) is 15.5. The normalized spacial score (nSPS) is 10.5. The Morgan fingerprint density at radius 2 is 1.77 bits per heavy atom. The van der Waals surface area contributed by atoms with E-state index in [1.165, 1.54) is 24.3 Å². The molecule has 0 unspecified atom stereocenters. The molecule has 1 heterocycles. The van der Waals surface area contributed by atoms with Crippen LogP contribution in [0.3, 0.4) is 0 Å². The summed E-state index contributed by atoms with van der Waals surface area (Å²) in [6, 6.07) is 12.5. The van der Waals surface area contributed by atoms with Gasteiger partial charge in [-0.2, -0.15) is 0 Å². The summed E-state index contributed by atoms with van der Waals surface area (Å²) >= 11 is 0. The van der Waals surface area contributed by atoms with Gasteiger partial charge >= 0.3 is 0 Å². The molecule has 0 radical (unpaired) electrons. The van der Waals surface area contributed by atoms with Crippen molar-refractivity contribution in [1.82, 2.24) is 20.2 Å². The molecular weight excluding hydrogens is 285 g/mol. The summed E-state index contributed by atoms with van der Waals surface area (Å²) in [5.41, 5.74) is 1.86. The molecular formula is C15H12FN5O. The van der Waals surface area contributed by atoms with E-state index >= 15 is 0 Å². The SMILES string of the molecule is Cn1nnnc1-c1ccc(NC(=O)c2ccc(F)cc2)cc1. The highest BCUT2D eigenvalue weighted by molar-refractivity contribution is 6.04. The number of aryl methyl sites for hydroxylation is 1. The lowest BCUT2D eigenvalue weighted by Gasteiger charge is -2.06. The van der Waals surface area contributed by atoms with E-state index in [-0.39, 0.29) is 11.7 Å². The fraction of sp³-hybridized carbons (Fsp3) is 0.0667. The van der Waals surface area contributed by atoms with Crippen molar-refractivity contribution in [2.45, 2.75) is 0 Å². The number of halogens is 1. The van der Waals surface area contributed by atoms with Crippen LogP contribution in [-0.4, -0.2) is 26.1 Å². The molecule has 0 spiro atoms. The lowest BCUT2D eigenvalue weighted by Crippen LogP contribution is -2.11. The number of hydrogen-bond acceptors (Lipinski definition) is 4. The van der Waals surface area contributed by atoms with Gasteiger partial charge in [0.15, 0.2) is 5.82 Å². The Morgan fingerprint density at radius 3 is 2.36 bits per heavy atom. The number of anilines is 1. The molecule has 7 heteroatoms. The summed E-state index contributed by atoms with van der Waals surface area (Å²) in [4.78, 5) is 12.0. The molecule has 0 aliphatic heterocycles. The van der Waals surface area contributed by atoms with Crippen molar-refractivity contribution in [3.63, 3.8) is 0 Å². The number of amides is 1. The van der Waals surface area contributed by atoms with Gasteiger partial charge in [-0.1, -0.05) is 0 Å². The average molecular weight is 297 g/mol. The van der Waals surface area contributed by atoms with Crippen LogP contribution in [0.5, 0.6) is 0 Å². The Kier molecular flexibility index (Phi) is 3.61. The highest BCUT2D eigenvalue weighted by Crippen LogP contribution is 2.18. The van der Waals surface area contributed by atoms with Crippen molar-refractivity contribution in [3.05, 3.63) is 59.9 Å². The molecule has 0 fully saturated rings. The maximum atomic E-state index is 12.8. The standard InChI is InChI=1S/C15H12FN5O/c1-21-14(18-19-20-21)10-4-8-13(9-5-10)17-15(22)11-2-6-12(16)7-3-11/h2-9H,1H3,(H,17,22). The molecule has 1 N–H and O–H groups in total. The molecule has 3 aromatic rings. The maximum Gasteiger partial charge on any atom is 0.255 e. The van der Waals surface area contributed by atoms with Crippen LogP contribution in [0.4, 0.5) is 10.1 Å². The van der Waals surface area contributed by atoms with Gasteiger partial charge in [-0.15, -0.1) is 5.10 Å². The summed E-state index contributed by atoms with van der Waals surface area (Å²) in [5, 5.41) is 14.0. The van der Waals surface area contributed by atoms with Gasteiger partial charge in [0.1, 0.15) is 5.82 Å². The number of aromatic nitrogens is 4. The van der Waals surface area contributed by atoms with Crippen LogP contribution < -0.4 is 5.32 Å². The molecule has 0 bridgehead atoms. The summed E-state index contributed by atoms with van der Waals surface area (Å²) in [6.07, 6.45) is 0. The van der Waals surface area contributed by atoms with E-state index in [2.05, 4.69) is 20.8 Å². The van der Waals surface area contributed by atoms with Crippen LogP contribution in [0.1, 0.15) is 10.4 Å². The first-order valence-electron chi connectivity index (χ1n) is 6.53. The maximum absolute atomic E-state index is 12.8. The third-order valence-electron chi connectivity index (χ3n) is 3.13. The predicted octanol–water partition coefficient (Wildman–Crippen LogP) is 2.27. The van der Waals surface area contributed by atoms with E-state index in [0.29, 0.717) is 17.1 Å². The van der Waals surface area contributed by atoms with Gasteiger partial charge in [0.2, 0.25) is 0 Å². The Balaban J connectivity index is 1.75. The molecule has 1 aromatic heterocycles. The second-order valence-electron chi connectivity index (χ2n) is 4.66. The van der Waals surface area contributed by atoms with E-state index in [4.69, 9.17) is 0 Å². The lowest BCUT2D eigenvalue weighted by atomic mass is 10.1. The molecule has 0 saturated heterocycles. The molecule has 1 amide bonds. The highest BCUT2D eigenvalue weighted by Gasteiger charge is 2.08. The summed E-state index contributed by atoms with van der Waals surface area (Å²) in [5.74, 6) is -0.0392. The first kappa shape index (κ1) is 13.9. The number of tetrazole rings is 1. The van der Waals surface area contributed by atoms with E-state index in [1.54, 1.807) is 23.9 Å². The quantitative estimate of drug-likeness (QED) is 0.805. The lowest BCUT2D eigenvalue weighted by molar-refractivity contribution is 0.102. The number of nitrogens with one attached hydrogen (secondary N) is 1. The summed E-state index contributed by atoms with van der Waals surface area (Å²) < 4.78 is 14.4. The summed E-state index contributed by atoms with van der Waals surface area (Å²) in [6.45, 7) is 0. The minimum Gasteiger partial charge on any atom is -0.322 e. The molecule has 6 nitrogen and oxygen atoms in total. The van der Waals surface area contributed by atoms with E-state index in [1.807, 2.05) is 12.1 Å². The number of nitrogens with zero attached hydrogens (tertiary/aromatic N) is 4. The number of hydrogen-bond donors (Lipinski definition) is 1. The van der Waals surface area contributed by atoms with Crippen LogP contribution in [0.2, 0.25) is 0 Å². The number of rotatable bonds is 3. The molecule has 0 saturated carbocycles. The van der Waals surface area contributed by atoms with Gasteiger partial charge < -0.3 is 5.32 Å². The van der Waals surface area contributed by atoms with Gasteiger partial charge in [0.05, 0.1) is 0 Å². The van der Waals surface area contributed by atoms with Gasteiger partial charge in [-0.05, 0) is 59.0 Å². The van der Waals surface area contributed by atoms with Crippen molar-refractivity contribution >= 4 is 11.6 Å². The molecule has 0 aliphatic rings. The number of carbonyl (C=O) groups is 1. The van der Waals surface area contributed by atoms with Gasteiger partial charge in [0, 0.05) is 23.9 Å². The van der Waals surface area contributed by atoms with Crippen molar-refractivity contribution in [3.8, 4) is 11.4 Å². The highest BCUT2D eigenvalue weighted by atomic mass is 19.1. The average Bonchev–Trinajstić information content (AvgIpc) is 2.95. The number of benzene rings is 2. The Bertz CT molecular complexity index is 796. The molecule has 110 valence electrons. The van der Waals surface area contributed by atoms with E-state index < -0.39 is 0 Å². The van der Waals surface area contributed by atoms with Crippen molar-refractivity contribution in [1.29, 1.82) is 0 Å². The van der Waals surface area contributed by atoms with Crippen LogP contribution in [0.15, 0.2) is 48.5 Å². The smallest absolute Gasteiger partial charge is 0.255 e. The van der Waals surface area contributed by atoms with Crippen LogP contribution in [0.25, 0.3) is 11.4 Å².